The third-order valence-electron chi connectivity index (χ3n) is 1.85. The second-order valence-electron chi connectivity index (χ2n) is 3.33. The summed E-state index contributed by atoms with van der Waals surface area (Å²) in [5, 5.41) is 3.89. The number of nitrogens with one attached hydrogen (secondary N) is 1. The summed E-state index contributed by atoms with van der Waals surface area (Å²) in [7, 11) is 0. The van der Waals surface area contributed by atoms with Gasteiger partial charge in [0.05, 0.1) is 0 Å². The molecule has 0 radical (unpaired) electrons. The molecule has 0 aliphatic carbocycles. The van der Waals surface area contributed by atoms with Crippen LogP contribution in [-0.2, 0) is 0 Å². The number of ether oxygens (including phenoxy) is 1. The lowest BCUT2D eigenvalue weighted by Gasteiger charge is -2.14. The molecule has 1 atom stereocenters. The first-order chi connectivity index (χ1) is 7.22. The molecule has 2 nitrogen and oxygen atoms in total. The van der Waals surface area contributed by atoms with E-state index in [2.05, 4.69) is 11.9 Å². The average molecular weight is 226 g/mol. The third kappa shape index (κ3) is 4.86. The molecule has 0 saturated heterocycles. The molecule has 0 aliphatic rings. The van der Waals surface area contributed by atoms with Crippen molar-refractivity contribution < 1.29 is 4.74 Å². The second-order valence-corrected chi connectivity index (χ2v) is 3.77. The minimum absolute atomic E-state index is 0.114. The molecule has 1 aromatic carbocycles. The average Bonchev–Trinajstić information content (AvgIpc) is 2.18. The van der Waals surface area contributed by atoms with E-state index in [0.717, 1.165) is 18.8 Å². The highest BCUT2D eigenvalue weighted by Crippen LogP contribution is 2.17. The van der Waals surface area contributed by atoms with E-state index in [0.29, 0.717) is 5.02 Å². The molecular weight excluding hydrogens is 210 g/mol. The Hall–Kier alpha value is -0.990. The van der Waals surface area contributed by atoms with Crippen molar-refractivity contribution in [3.8, 4) is 5.75 Å². The zero-order valence-corrected chi connectivity index (χ0v) is 9.63. The van der Waals surface area contributed by atoms with Crippen molar-refractivity contribution >= 4 is 11.6 Å². The zero-order valence-electron chi connectivity index (χ0n) is 8.87. The van der Waals surface area contributed by atoms with Gasteiger partial charge in [-0.2, -0.15) is 0 Å². The van der Waals surface area contributed by atoms with Crippen molar-refractivity contribution in [1.82, 2.24) is 5.32 Å². The summed E-state index contributed by atoms with van der Waals surface area (Å²) in [5.41, 5.74) is 0. The van der Waals surface area contributed by atoms with Crippen LogP contribution in [0.2, 0.25) is 5.02 Å². The van der Waals surface area contributed by atoms with Crippen LogP contribution in [-0.4, -0.2) is 19.2 Å². The predicted octanol–water partition coefficient (Wildman–Crippen LogP) is 2.88. The molecule has 1 unspecified atom stereocenters. The molecule has 1 N–H and O–H groups in total. The van der Waals surface area contributed by atoms with Crippen LogP contribution in [0.25, 0.3) is 0 Å². The van der Waals surface area contributed by atoms with Crippen LogP contribution in [0.15, 0.2) is 36.9 Å². The van der Waals surface area contributed by atoms with E-state index in [1.54, 1.807) is 0 Å². The first-order valence-corrected chi connectivity index (χ1v) is 5.34. The SMILES string of the molecule is C=CCNCC(C)Oc1cccc(Cl)c1. The fourth-order valence-electron chi connectivity index (χ4n) is 1.20. The molecule has 0 aromatic heterocycles. The minimum atomic E-state index is 0.114. The molecule has 0 aliphatic heterocycles. The summed E-state index contributed by atoms with van der Waals surface area (Å²) >= 11 is 5.85. The zero-order chi connectivity index (χ0) is 11.1. The van der Waals surface area contributed by atoms with Gasteiger partial charge in [0.25, 0.3) is 0 Å². The van der Waals surface area contributed by atoms with Gasteiger partial charge in [0, 0.05) is 18.1 Å². The quantitative estimate of drug-likeness (QED) is 0.594. The minimum Gasteiger partial charge on any atom is -0.489 e. The normalized spacial score (nSPS) is 12.1. The van der Waals surface area contributed by atoms with Crippen LogP contribution in [0.1, 0.15) is 6.92 Å². The van der Waals surface area contributed by atoms with Gasteiger partial charge in [-0.1, -0.05) is 23.7 Å². The van der Waals surface area contributed by atoms with Gasteiger partial charge < -0.3 is 10.1 Å². The summed E-state index contributed by atoms with van der Waals surface area (Å²) in [6, 6.07) is 7.41. The summed E-state index contributed by atoms with van der Waals surface area (Å²) < 4.78 is 5.66. The van der Waals surface area contributed by atoms with Crippen molar-refractivity contribution in [1.29, 1.82) is 0 Å². The number of hydrogen-bond donors (Lipinski definition) is 1. The fourth-order valence-corrected chi connectivity index (χ4v) is 1.38. The molecule has 3 heteroatoms. The molecule has 1 aromatic rings. The van der Waals surface area contributed by atoms with Gasteiger partial charge in [-0.25, -0.2) is 0 Å². The van der Waals surface area contributed by atoms with Crippen molar-refractivity contribution in [3.05, 3.63) is 41.9 Å². The highest BCUT2D eigenvalue weighted by Gasteiger charge is 2.02. The Morgan fingerprint density at radius 2 is 2.40 bits per heavy atom. The maximum atomic E-state index is 5.85. The van der Waals surface area contributed by atoms with Crippen LogP contribution >= 0.6 is 11.6 Å². The van der Waals surface area contributed by atoms with E-state index in [1.165, 1.54) is 0 Å². The first-order valence-electron chi connectivity index (χ1n) is 4.96. The Kier molecular flexibility index (Phi) is 5.22. The standard InChI is InChI=1S/C12H16ClNO/c1-3-7-14-9-10(2)15-12-6-4-5-11(13)8-12/h3-6,8,10,14H,1,7,9H2,2H3. The van der Waals surface area contributed by atoms with E-state index in [-0.39, 0.29) is 6.10 Å². The largest absolute Gasteiger partial charge is 0.489 e. The fraction of sp³-hybridized carbons (Fsp3) is 0.333. The maximum absolute atomic E-state index is 5.85. The molecule has 0 amide bonds. The topological polar surface area (TPSA) is 21.3 Å². The van der Waals surface area contributed by atoms with Gasteiger partial charge in [-0.15, -0.1) is 6.58 Å². The molecule has 0 bridgehead atoms. The molecule has 0 saturated carbocycles. The second kappa shape index (κ2) is 6.49. The molecule has 0 heterocycles. The first kappa shape index (κ1) is 12.1. The van der Waals surface area contributed by atoms with Crippen LogP contribution in [0, 0.1) is 0 Å². The summed E-state index contributed by atoms with van der Waals surface area (Å²) in [4.78, 5) is 0. The molecular formula is C12H16ClNO. The van der Waals surface area contributed by atoms with E-state index in [9.17, 15) is 0 Å². The monoisotopic (exact) mass is 225 g/mol. The Balaban J connectivity index is 2.37. The molecule has 15 heavy (non-hydrogen) atoms. The Bertz CT molecular complexity index is 314. The smallest absolute Gasteiger partial charge is 0.121 e. The van der Waals surface area contributed by atoms with Crippen molar-refractivity contribution in [2.45, 2.75) is 13.0 Å². The van der Waals surface area contributed by atoms with Gasteiger partial charge in [0.1, 0.15) is 11.9 Å². The van der Waals surface area contributed by atoms with Gasteiger partial charge in [0.15, 0.2) is 0 Å². The van der Waals surface area contributed by atoms with Gasteiger partial charge in [-0.3, -0.25) is 0 Å². The predicted molar refractivity (Wildman–Crippen MR) is 64.6 cm³/mol. The lowest BCUT2D eigenvalue weighted by atomic mass is 10.3. The van der Waals surface area contributed by atoms with Crippen LogP contribution in [0.4, 0.5) is 0 Å². The Morgan fingerprint density at radius 1 is 1.60 bits per heavy atom. The number of benzene rings is 1. The van der Waals surface area contributed by atoms with Gasteiger partial charge in [-0.05, 0) is 25.1 Å². The number of halogens is 1. The highest BCUT2D eigenvalue weighted by atomic mass is 35.5. The molecule has 0 fully saturated rings. The van der Waals surface area contributed by atoms with Crippen molar-refractivity contribution in [2.75, 3.05) is 13.1 Å². The molecule has 82 valence electrons. The van der Waals surface area contributed by atoms with Gasteiger partial charge >= 0.3 is 0 Å². The van der Waals surface area contributed by atoms with Crippen molar-refractivity contribution in [3.63, 3.8) is 0 Å². The number of rotatable bonds is 6. The molecule has 0 spiro atoms. The lowest BCUT2D eigenvalue weighted by molar-refractivity contribution is 0.219. The van der Waals surface area contributed by atoms with E-state index >= 15 is 0 Å². The summed E-state index contributed by atoms with van der Waals surface area (Å²) in [6.07, 6.45) is 1.94. The third-order valence-corrected chi connectivity index (χ3v) is 2.09. The van der Waals surface area contributed by atoms with Crippen molar-refractivity contribution in [2.24, 2.45) is 0 Å². The summed E-state index contributed by atoms with van der Waals surface area (Å²) in [5.74, 6) is 0.801. The van der Waals surface area contributed by atoms with E-state index < -0.39 is 0 Å². The van der Waals surface area contributed by atoms with Crippen LogP contribution < -0.4 is 10.1 Å². The Labute approximate surface area is 95.9 Å². The Morgan fingerprint density at radius 3 is 3.07 bits per heavy atom. The summed E-state index contributed by atoms with van der Waals surface area (Å²) in [6.45, 7) is 7.23. The highest BCUT2D eigenvalue weighted by molar-refractivity contribution is 6.30. The lowest BCUT2D eigenvalue weighted by Crippen LogP contribution is -2.28. The van der Waals surface area contributed by atoms with E-state index in [4.69, 9.17) is 16.3 Å². The van der Waals surface area contributed by atoms with Crippen LogP contribution in [0.3, 0.4) is 0 Å². The van der Waals surface area contributed by atoms with Gasteiger partial charge in [0.2, 0.25) is 0 Å². The molecule has 1 rings (SSSR count). The maximum Gasteiger partial charge on any atom is 0.121 e. The van der Waals surface area contributed by atoms with Crippen LogP contribution in [0.5, 0.6) is 5.75 Å². The number of hydrogen-bond acceptors (Lipinski definition) is 2. The van der Waals surface area contributed by atoms with E-state index in [1.807, 2.05) is 37.3 Å².